The van der Waals surface area contributed by atoms with Crippen molar-refractivity contribution < 1.29 is 23.7 Å². The van der Waals surface area contributed by atoms with Crippen LogP contribution < -0.4 is 5.73 Å². The van der Waals surface area contributed by atoms with Gasteiger partial charge in [0.05, 0.1) is 33.0 Å². The molecule has 0 aliphatic carbocycles. The summed E-state index contributed by atoms with van der Waals surface area (Å²) in [6.45, 7) is 3.90. The lowest BCUT2D eigenvalue weighted by Crippen LogP contribution is -2.37. The minimum absolute atomic E-state index is 0.0249. The fourth-order valence-electron chi connectivity index (χ4n) is 1.60. The maximum atomic E-state index is 12.0. The molecule has 0 heterocycles. The first-order valence-electron chi connectivity index (χ1n) is 7.48. The standard InChI is InChI=1S/C16H26N2O5/c1-3-9-21-14-15-23-11-8-18(16(19)5-6-17)7-10-22-13-12-20-4-2/h1-2H,5-15,17H2. The number of carbonyl (C=O) groups is 1. The van der Waals surface area contributed by atoms with Crippen molar-refractivity contribution in [1.29, 1.82) is 0 Å². The third-order valence-corrected chi connectivity index (χ3v) is 2.69. The zero-order valence-electron chi connectivity index (χ0n) is 13.5. The number of amides is 1. The van der Waals surface area contributed by atoms with E-state index in [1.807, 2.05) is 0 Å². The van der Waals surface area contributed by atoms with Gasteiger partial charge in [0.15, 0.2) is 0 Å². The van der Waals surface area contributed by atoms with E-state index in [0.717, 1.165) is 0 Å². The largest absolute Gasteiger partial charge is 0.444 e. The van der Waals surface area contributed by atoms with Crippen molar-refractivity contribution in [2.45, 2.75) is 6.42 Å². The average Bonchev–Trinajstić information content (AvgIpc) is 2.55. The van der Waals surface area contributed by atoms with E-state index in [-0.39, 0.29) is 12.5 Å². The maximum absolute atomic E-state index is 12.0. The molecule has 0 unspecified atom stereocenters. The summed E-state index contributed by atoms with van der Waals surface area (Å²) in [6.07, 6.45) is 12.4. The fraction of sp³-hybridized carbons (Fsp3) is 0.688. The number of nitrogens with two attached hydrogens (primary N) is 1. The van der Waals surface area contributed by atoms with Gasteiger partial charge in [-0.25, -0.2) is 0 Å². The van der Waals surface area contributed by atoms with Crippen LogP contribution in [0.15, 0.2) is 0 Å². The van der Waals surface area contributed by atoms with Crippen LogP contribution in [0, 0.1) is 24.9 Å². The highest BCUT2D eigenvalue weighted by Crippen LogP contribution is 1.95. The van der Waals surface area contributed by atoms with Crippen LogP contribution in [-0.2, 0) is 23.7 Å². The van der Waals surface area contributed by atoms with Crippen LogP contribution in [0.2, 0.25) is 0 Å². The normalized spacial score (nSPS) is 9.87. The summed E-state index contributed by atoms with van der Waals surface area (Å²) in [7, 11) is 0. The van der Waals surface area contributed by atoms with Gasteiger partial charge in [0, 0.05) is 26.1 Å². The van der Waals surface area contributed by atoms with E-state index in [4.69, 9.17) is 37.5 Å². The van der Waals surface area contributed by atoms with E-state index < -0.39 is 0 Å². The van der Waals surface area contributed by atoms with Crippen LogP contribution in [0.25, 0.3) is 0 Å². The Morgan fingerprint density at radius 1 is 0.957 bits per heavy atom. The summed E-state index contributed by atoms with van der Waals surface area (Å²) in [5, 5.41) is 0. The molecule has 0 saturated heterocycles. The first kappa shape index (κ1) is 21.2. The summed E-state index contributed by atoms with van der Waals surface area (Å²) < 4.78 is 20.5. The molecule has 0 fully saturated rings. The second kappa shape index (κ2) is 16.6. The van der Waals surface area contributed by atoms with Crippen LogP contribution in [0.5, 0.6) is 0 Å². The molecule has 0 aliphatic heterocycles. The Hall–Kier alpha value is -1.77. The molecular formula is C16H26N2O5. The number of hydrogen-bond donors (Lipinski definition) is 1. The van der Waals surface area contributed by atoms with Crippen LogP contribution in [-0.4, -0.2) is 76.7 Å². The minimum Gasteiger partial charge on any atom is -0.444 e. The lowest BCUT2D eigenvalue weighted by Gasteiger charge is -2.22. The molecule has 0 radical (unpaired) electrons. The molecule has 0 bridgehead atoms. The van der Waals surface area contributed by atoms with Crippen molar-refractivity contribution in [3.8, 4) is 24.9 Å². The van der Waals surface area contributed by atoms with E-state index in [1.165, 1.54) is 0 Å². The smallest absolute Gasteiger partial charge is 0.223 e. The van der Waals surface area contributed by atoms with E-state index in [1.54, 1.807) is 4.90 Å². The molecule has 7 heteroatoms. The van der Waals surface area contributed by atoms with Crippen LogP contribution in [0.3, 0.4) is 0 Å². The van der Waals surface area contributed by atoms with Gasteiger partial charge in [0.1, 0.15) is 19.3 Å². The van der Waals surface area contributed by atoms with Gasteiger partial charge in [0.2, 0.25) is 5.91 Å². The number of carbonyl (C=O) groups excluding carboxylic acids is 1. The highest BCUT2D eigenvalue weighted by molar-refractivity contribution is 5.76. The minimum atomic E-state index is -0.0249. The first-order valence-corrected chi connectivity index (χ1v) is 7.48. The lowest BCUT2D eigenvalue weighted by atomic mass is 10.3. The maximum Gasteiger partial charge on any atom is 0.223 e. The molecule has 130 valence electrons. The Kier molecular flexibility index (Phi) is 15.3. The van der Waals surface area contributed by atoms with E-state index in [2.05, 4.69) is 12.0 Å². The molecule has 0 atom stereocenters. The van der Waals surface area contributed by atoms with Crippen LogP contribution in [0.1, 0.15) is 6.42 Å². The molecule has 2 N–H and O–H groups in total. The topological polar surface area (TPSA) is 83.2 Å². The molecule has 0 aromatic rings. The Balaban J connectivity index is 3.85. The molecule has 0 saturated carbocycles. The molecule has 0 aromatic heterocycles. The lowest BCUT2D eigenvalue weighted by molar-refractivity contribution is -0.132. The first-order chi connectivity index (χ1) is 11.3. The zero-order valence-corrected chi connectivity index (χ0v) is 13.5. The average molecular weight is 326 g/mol. The molecule has 7 nitrogen and oxygen atoms in total. The third kappa shape index (κ3) is 13.6. The Bertz CT molecular complexity index is 376. The monoisotopic (exact) mass is 326 g/mol. The predicted octanol–water partition coefficient (Wildman–Crippen LogP) is -0.546. The zero-order chi connectivity index (χ0) is 17.2. The SMILES string of the molecule is C#CCOCCOCCN(CCOCCOC#C)C(=O)CCN. The fourth-order valence-corrected chi connectivity index (χ4v) is 1.60. The number of terminal acetylenes is 2. The predicted molar refractivity (Wildman–Crippen MR) is 86.3 cm³/mol. The van der Waals surface area contributed by atoms with Crippen LogP contribution >= 0.6 is 0 Å². The number of hydrogen-bond acceptors (Lipinski definition) is 6. The Labute approximate surface area is 138 Å². The van der Waals surface area contributed by atoms with Crippen molar-refractivity contribution in [2.75, 3.05) is 65.9 Å². The summed E-state index contributed by atoms with van der Waals surface area (Å²) >= 11 is 0. The Morgan fingerprint density at radius 2 is 1.57 bits per heavy atom. The van der Waals surface area contributed by atoms with E-state index in [0.29, 0.717) is 65.7 Å². The molecule has 0 spiro atoms. The molecule has 0 aromatic carbocycles. The van der Waals surface area contributed by atoms with Gasteiger partial charge in [-0.2, -0.15) is 0 Å². The number of rotatable bonds is 15. The van der Waals surface area contributed by atoms with Crippen molar-refractivity contribution in [2.24, 2.45) is 5.73 Å². The highest BCUT2D eigenvalue weighted by Gasteiger charge is 2.12. The third-order valence-electron chi connectivity index (χ3n) is 2.69. The second-order valence-corrected chi connectivity index (χ2v) is 4.37. The summed E-state index contributed by atoms with van der Waals surface area (Å²) in [5.74, 6) is 2.35. The molecule has 0 rings (SSSR count). The van der Waals surface area contributed by atoms with Crippen molar-refractivity contribution >= 4 is 5.91 Å². The van der Waals surface area contributed by atoms with Gasteiger partial charge in [-0.1, -0.05) is 12.3 Å². The molecular weight excluding hydrogens is 300 g/mol. The van der Waals surface area contributed by atoms with Gasteiger partial charge in [-0.3, -0.25) is 4.79 Å². The quantitative estimate of drug-likeness (QED) is 0.321. The number of ether oxygens (including phenoxy) is 4. The van der Waals surface area contributed by atoms with Gasteiger partial charge in [-0.15, -0.1) is 6.42 Å². The van der Waals surface area contributed by atoms with Gasteiger partial charge < -0.3 is 29.6 Å². The summed E-state index contributed by atoms with van der Waals surface area (Å²) in [4.78, 5) is 13.6. The molecule has 1 amide bonds. The van der Waals surface area contributed by atoms with Crippen LogP contribution in [0.4, 0.5) is 0 Å². The van der Waals surface area contributed by atoms with E-state index >= 15 is 0 Å². The second-order valence-electron chi connectivity index (χ2n) is 4.37. The van der Waals surface area contributed by atoms with Gasteiger partial charge in [-0.05, 0) is 0 Å². The highest BCUT2D eigenvalue weighted by atomic mass is 16.5. The molecule has 23 heavy (non-hydrogen) atoms. The van der Waals surface area contributed by atoms with Crippen molar-refractivity contribution in [3.05, 3.63) is 0 Å². The van der Waals surface area contributed by atoms with Crippen molar-refractivity contribution in [1.82, 2.24) is 4.90 Å². The van der Waals surface area contributed by atoms with E-state index in [9.17, 15) is 4.79 Å². The Morgan fingerprint density at radius 3 is 2.13 bits per heavy atom. The summed E-state index contributed by atoms with van der Waals surface area (Å²) in [5.41, 5.74) is 5.42. The molecule has 0 aliphatic rings. The van der Waals surface area contributed by atoms with Crippen molar-refractivity contribution in [3.63, 3.8) is 0 Å². The summed E-state index contributed by atoms with van der Waals surface area (Å²) in [6, 6.07) is 0. The van der Waals surface area contributed by atoms with Gasteiger partial charge in [0.25, 0.3) is 0 Å². The van der Waals surface area contributed by atoms with Gasteiger partial charge >= 0.3 is 0 Å². The number of nitrogens with zero attached hydrogens (tertiary/aromatic N) is 1.